The summed E-state index contributed by atoms with van der Waals surface area (Å²) in [5.41, 5.74) is 6.06. The SMILES string of the molecule is CC(=O)C(=N)c1cc(-c2cncc(N3CCCC3)c2)ccc1C.Cc1ccc(N(C)CCN(C)C)nc1.[HH]. The predicted molar refractivity (Wildman–Crippen MR) is 156 cm³/mol. The Bertz CT molecular complexity index is 1210. The first kappa shape index (κ1) is 28.0. The number of rotatable bonds is 8. The first-order chi connectivity index (χ1) is 17.7. The zero-order valence-corrected chi connectivity index (χ0v) is 23.1. The summed E-state index contributed by atoms with van der Waals surface area (Å²) in [6, 6.07) is 12.2. The highest BCUT2D eigenvalue weighted by Gasteiger charge is 2.15. The van der Waals surface area contributed by atoms with E-state index in [9.17, 15) is 4.79 Å². The molecule has 1 saturated heterocycles. The van der Waals surface area contributed by atoms with Crippen LogP contribution in [0.2, 0.25) is 0 Å². The van der Waals surface area contributed by atoms with Gasteiger partial charge in [-0.2, -0.15) is 0 Å². The monoisotopic (exact) mass is 502 g/mol. The van der Waals surface area contributed by atoms with Crippen LogP contribution in [0.5, 0.6) is 0 Å². The molecule has 37 heavy (non-hydrogen) atoms. The molecule has 1 aliphatic heterocycles. The van der Waals surface area contributed by atoms with Gasteiger partial charge in [-0.25, -0.2) is 4.98 Å². The van der Waals surface area contributed by atoms with Crippen molar-refractivity contribution in [2.45, 2.75) is 33.6 Å². The summed E-state index contributed by atoms with van der Waals surface area (Å²) in [6.07, 6.45) is 8.11. The van der Waals surface area contributed by atoms with Crippen molar-refractivity contribution in [2.75, 3.05) is 57.1 Å². The Kier molecular flexibility index (Phi) is 9.92. The van der Waals surface area contributed by atoms with E-state index >= 15 is 0 Å². The number of benzene rings is 1. The molecule has 0 atom stereocenters. The van der Waals surface area contributed by atoms with Crippen molar-refractivity contribution >= 4 is 23.0 Å². The molecule has 2 aromatic heterocycles. The van der Waals surface area contributed by atoms with Crippen molar-refractivity contribution in [3.63, 3.8) is 0 Å². The van der Waals surface area contributed by atoms with Crippen molar-refractivity contribution in [1.29, 1.82) is 5.41 Å². The number of pyridine rings is 2. The van der Waals surface area contributed by atoms with Gasteiger partial charge in [0.15, 0.2) is 5.78 Å². The molecule has 0 bridgehead atoms. The molecule has 0 spiro atoms. The summed E-state index contributed by atoms with van der Waals surface area (Å²) in [4.78, 5) is 27.0. The minimum atomic E-state index is -0.214. The van der Waals surface area contributed by atoms with E-state index in [0.717, 1.165) is 54.4 Å². The summed E-state index contributed by atoms with van der Waals surface area (Å²) in [5, 5.41) is 7.99. The van der Waals surface area contributed by atoms with Crippen LogP contribution in [0.3, 0.4) is 0 Å². The molecule has 1 aliphatic rings. The number of aromatic nitrogens is 2. The third kappa shape index (κ3) is 7.95. The molecule has 0 radical (unpaired) electrons. The molecule has 0 saturated carbocycles. The first-order valence-corrected chi connectivity index (χ1v) is 12.8. The highest BCUT2D eigenvalue weighted by Crippen LogP contribution is 2.27. The van der Waals surface area contributed by atoms with E-state index in [2.05, 4.69) is 70.9 Å². The molecule has 1 aromatic carbocycles. The minimum Gasteiger partial charge on any atom is -0.370 e. The van der Waals surface area contributed by atoms with Crippen LogP contribution < -0.4 is 9.80 Å². The number of hydrogen-bond acceptors (Lipinski definition) is 7. The Hall–Kier alpha value is -3.58. The van der Waals surface area contributed by atoms with Crippen molar-refractivity contribution in [3.8, 4) is 11.1 Å². The summed E-state index contributed by atoms with van der Waals surface area (Å²) in [5.74, 6) is 0.826. The van der Waals surface area contributed by atoms with Crippen molar-refractivity contribution in [3.05, 3.63) is 71.7 Å². The number of likely N-dealkylation sites (N-methyl/N-ethyl adjacent to an activating group) is 2. The number of nitrogens with one attached hydrogen (secondary N) is 1. The van der Waals surface area contributed by atoms with E-state index in [-0.39, 0.29) is 12.9 Å². The standard InChI is InChI=1S/C19H21N3O.C11H19N3.H2/c1-13-5-6-15(10-18(13)19(20)14(2)23)16-9-17(12-21-11-16)22-7-3-4-8-22;1-10-5-6-11(12-9-10)14(4)8-7-13(2)3;/h5-6,9-12,20H,3-4,7-8H2,1-2H3;5-6,9H,7-8H2,1-4H3;1H. The van der Waals surface area contributed by atoms with Gasteiger partial charge in [0.05, 0.1) is 11.9 Å². The third-order valence-corrected chi connectivity index (χ3v) is 6.56. The van der Waals surface area contributed by atoms with Gasteiger partial charge in [-0.1, -0.05) is 18.2 Å². The van der Waals surface area contributed by atoms with E-state index in [4.69, 9.17) is 5.41 Å². The lowest BCUT2D eigenvalue weighted by Gasteiger charge is -2.20. The fourth-order valence-corrected chi connectivity index (χ4v) is 4.14. The van der Waals surface area contributed by atoms with E-state index in [0.29, 0.717) is 5.56 Å². The maximum absolute atomic E-state index is 11.5. The van der Waals surface area contributed by atoms with Crippen LogP contribution in [-0.4, -0.2) is 73.7 Å². The normalized spacial score (nSPS) is 12.8. The van der Waals surface area contributed by atoms with Crippen LogP contribution in [0, 0.1) is 19.3 Å². The summed E-state index contributed by atoms with van der Waals surface area (Å²) >= 11 is 0. The molecule has 1 fully saturated rings. The quantitative estimate of drug-likeness (QED) is 0.424. The van der Waals surface area contributed by atoms with Crippen LogP contribution in [0.4, 0.5) is 11.5 Å². The Morgan fingerprint density at radius 3 is 2.32 bits per heavy atom. The summed E-state index contributed by atoms with van der Waals surface area (Å²) in [6.45, 7) is 9.63. The van der Waals surface area contributed by atoms with Crippen molar-refractivity contribution < 1.29 is 6.22 Å². The van der Waals surface area contributed by atoms with Crippen LogP contribution >= 0.6 is 0 Å². The zero-order chi connectivity index (χ0) is 26.9. The molecule has 4 rings (SSSR count). The minimum absolute atomic E-state index is 0. The highest BCUT2D eigenvalue weighted by atomic mass is 16.1. The lowest BCUT2D eigenvalue weighted by atomic mass is 9.96. The van der Waals surface area contributed by atoms with Gasteiger partial charge >= 0.3 is 0 Å². The summed E-state index contributed by atoms with van der Waals surface area (Å²) < 4.78 is 0. The molecule has 7 nitrogen and oxygen atoms in total. The van der Waals surface area contributed by atoms with E-state index < -0.39 is 0 Å². The smallest absolute Gasteiger partial charge is 0.178 e. The number of Topliss-reactive ketones (excluding diaryl/α,β-unsaturated/α-hetero) is 1. The number of nitrogens with zero attached hydrogens (tertiary/aromatic N) is 5. The molecule has 3 aromatic rings. The van der Waals surface area contributed by atoms with Gasteiger partial charge in [0, 0.05) is 65.1 Å². The zero-order valence-electron chi connectivity index (χ0n) is 23.1. The summed E-state index contributed by atoms with van der Waals surface area (Å²) in [7, 11) is 6.23. The number of hydrogen-bond donors (Lipinski definition) is 1. The van der Waals surface area contributed by atoms with Crippen LogP contribution in [0.1, 0.15) is 37.9 Å². The lowest BCUT2D eigenvalue weighted by molar-refractivity contribution is -0.111. The maximum Gasteiger partial charge on any atom is 0.178 e. The van der Waals surface area contributed by atoms with Gasteiger partial charge in [-0.3, -0.25) is 15.2 Å². The number of carbonyl (C=O) groups excluding carboxylic acids is 1. The Labute approximate surface area is 223 Å². The molecule has 198 valence electrons. The molecular formula is C30H42N6O. The van der Waals surface area contributed by atoms with E-state index in [1.807, 2.05) is 43.7 Å². The second-order valence-corrected chi connectivity index (χ2v) is 10.0. The van der Waals surface area contributed by atoms with Gasteiger partial charge in [0.2, 0.25) is 0 Å². The van der Waals surface area contributed by atoms with Gasteiger partial charge < -0.3 is 14.7 Å². The molecule has 0 aliphatic carbocycles. The molecule has 0 unspecified atom stereocenters. The van der Waals surface area contributed by atoms with E-state index in [1.165, 1.54) is 25.3 Å². The van der Waals surface area contributed by atoms with Crippen LogP contribution in [0.15, 0.2) is 55.0 Å². The van der Waals surface area contributed by atoms with Gasteiger partial charge in [-0.05, 0) is 75.7 Å². The highest BCUT2D eigenvalue weighted by molar-refractivity contribution is 6.44. The van der Waals surface area contributed by atoms with E-state index in [1.54, 1.807) is 0 Å². The Morgan fingerprint density at radius 2 is 1.70 bits per heavy atom. The van der Waals surface area contributed by atoms with Crippen molar-refractivity contribution in [2.24, 2.45) is 0 Å². The maximum atomic E-state index is 11.5. The number of carbonyl (C=O) groups is 1. The van der Waals surface area contributed by atoms with Gasteiger partial charge in [-0.15, -0.1) is 0 Å². The first-order valence-electron chi connectivity index (χ1n) is 12.8. The molecule has 7 heteroatoms. The predicted octanol–water partition coefficient (Wildman–Crippen LogP) is 5.25. The number of aryl methyl sites for hydroxylation is 2. The molecule has 0 amide bonds. The van der Waals surface area contributed by atoms with Gasteiger partial charge in [0.25, 0.3) is 0 Å². The molecule has 3 heterocycles. The second-order valence-electron chi connectivity index (χ2n) is 10.0. The van der Waals surface area contributed by atoms with Gasteiger partial charge in [0.1, 0.15) is 11.5 Å². The second kappa shape index (κ2) is 13.1. The number of ketones is 1. The lowest BCUT2D eigenvalue weighted by Crippen LogP contribution is -2.28. The molecule has 1 N–H and O–H groups in total. The van der Waals surface area contributed by atoms with Crippen LogP contribution in [-0.2, 0) is 4.79 Å². The average Bonchev–Trinajstić information content (AvgIpc) is 3.43. The van der Waals surface area contributed by atoms with Crippen molar-refractivity contribution in [1.82, 2.24) is 14.9 Å². The number of anilines is 2. The average molecular weight is 503 g/mol. The Balaban J connectivity index is 0.000000292. The topological polar surface area (TPSA) is 76.4 Å². The third-order valence-electron chi connectivity index (χ3n) is 6.56. The van der Waals surface area contributed by atoms with Crippen LogP contribution in [0.25, 0.3) is 11.1 Å². The fourth-order valence-electron chi connectivity index (χ4n) is 4.14. The largest absolute Gasteiger partial charge is 0.370 e. The fraction of sp³-hybridized carbons (Fsp3) is 0.400. The Morgan fingerprint density at radius 1 is 0.973 bits per heavy atom. The molecular weight excluding hydrogens is 460 g/mol.